The number of aromatic nitrogens is 2. The lowest BCUT2D eigenvalue weighted by atomic mass is 9.88. The third-order valence-corrected chi connectivity index (χ3v) is 5.44. The molecule has 1 aliphatic heterocycles. The monoisotopic (exact) mass is 363 g/mol. The molecule has 1 saturated heterocycles. The molecule has 0 aromatic carbocycles. The number of nitrogens with zero attached hydrogens (tertiary/aromatic N) is 3. The zero-order chi connectivity index (χ0) is 18.7. The van der Waals surface area contributed by atoms with E-state index in [1.807, 2.05) is 0 Å². The lowest BCUT2D eigenvalue weighted by molar-refractivity contribution is -0.149. The molecule has 2 heterocycles. The molecule has 142 valence electrons. The van der Waals surface area contributed by atoms with Crippen molar-refractivity contribution in [1.82, 2.24) is 14.7 Å². The number of ether oxygens (including phenoxy) is 2. The van der Waals surface area contributed by atoms with Gasteiger partial charge in [-0.3, -0.25) is 19.1 Å². The Morgan fingerprint density at radius 1 is 1.08 bits per heavy atom. The highest BCUT2D eigenvalue weighted by Crippen LogP contribution is 2.26. The number of carbonyl (C=O) groups is 3. The van der Waals surface area contributed by atoms with E-state index in [0.717, 1.165) is 24.1 Å². The molecule has 1 fully saturated rings. The van der Waals surface area contributed by atoms with Gasteiger partial charge >= 0.3 is 11.9 Å². The maximum atomic E-state index is 12.6. The fourth-order valence-corrected chi connectivity index (χ4v) is 3.82. The van der Waals surface area contributed by atoms with Crippen LogP contribution in [0.25, 0.3) is 0 Å². The maximum Gasteiger partial charge on any atom is 0.309 e. The predicted molar refractivity (Wildman–Crippen MR) is 91.1 cm³/mol. The Labute approximate surface area is 152 Å². The highest BCUT2D eigenvalue weighted by molar-refractivity contribution is 5.77. The number of rotatable bonds is 4. The molecule has 0 saturated carbocycles. The third kappa shape index (κ3) is 3.73. The van der Waals surface area contributed by atoms with Gasteiger partial charge in [0.1, 0.15) is 6.54 Å². The second kappa shape index (κ2) is 7.88. The molecule has 1 amide bonds. The average Bonchev–Trinajstić information content (AvgIpc) is 3.08. The lowest BCUT2D eigenvalue weighted by Crippen LogP contribution is -2.42. The Morgan fingerprint density at radius 3 is 2.38 bits per heavy atom. The summed E-state index contributed by atoms with van der Waals surface area (Å²) in [5.41, 5.74) is 2.05. The van der Waals surface area contributed by atoms with Gasteiger partial charge in [-0.25, -0.2) is 0 Å². The van der Waals surface area contributed by atoms with E-state index in [1.54, 1.807) is 15.8 Å². The fraction of sp³-hybridized carbons (Fsp3) is 0.667. The highest BCUT2D eigenvalue weighted by Gasteiger charge is 2.31. The summed E-state index contributed by atoms with van der Waals surface area (Å²) in [5.74, 6) is -0.720. The van der Waals surface area contributed by atoms with E-state index in [4.69, 9.17) is 9.47 Å². The molecular formula is C18H25N3O5. The van der Waals surface area contributed by atoms with Gasteiger partial charge in [0.2, 0.25) is 5.91 Å². The molecule has 1 aromatic heterocycles. The van der Waals surface area contributed by atoms with Crippen LogP contribution in [0.15, 0.2) is 6.20 Å². The zero-order valence-corrected chi connectivity index (χ0v) is 15.3. The third-order valence-electron chi connectivity index (χ3n) is 5.44. The lowest BCUT2D eigenvalue weighted by Gasteiger charge is -2.31. The maximum absolute atomic E-state index is 12.6. The van der Waals surface area contributed by atoms with Crippen LogP contribution in [0.5, 0.6) is 0 Å². The first-order valence-electron chi connectivity index (χ1n) is 9.00. The van der Waals surface area contributed by atoms with Gasteiger partial charge in [0, 0.05) is 25.2 Å². The Kier molecular flexibility index (Phi) is 5.58. The first-order chi connectivity index (χ1) is 12.5. The Morgan fingerprint density at radius 2 is 1.73 bits per heavy atom. The number of hydrogen-bond acceptors (Lipinski definition) is 6. The molecule has 26 heavy (non-hydrogen) atoms. The quantitative estimate of drug-likeness (QED) is 0.727. The molecular weight excluding hydrogens is 338 g/mol. The molecule has 1 aromatic rings. The molecule has 1 unspecified atom stereocenters. The van der Waals surface area contributed by atoms with Crippen LogP contribution in [-0.2, 0) is 43.2 Å². The van der Waals surface area contributed by atoms with E-state index in [2.05, 4.69) is 5.10 Å². The van der Waals surface area contributed by atoms with Crippen LogP contribution in [0.2, 0.25) is 0 Å². The van der Waals surface area contributed by atoms with Gasteiger partial charge in [-0.1, -0.05) is 0 Å². The second-order valence-electron chi connectivity index (χ2n) is 6.92. The minimum absolute atomic E-state index is 0.0144. The largest absolute Gasteiger partial charge is 0.469 e. The van der Waals surface area contributed by atoms with Gasteiger partial charge in [-0.05, 0) is 31.2 Å². The van der Waals surface area contributed by atoms with Gasteiger partial charge < -0.3 is 14.4 Å². The first kappa shape index (κ1) is 18.4. The molecule has 2 aliphatic rings. The summed E-state index contributed by atoms with van der Waals surface area (Å²) in [6.45, 7) is 1.26. The first-order valence-corrected chi connectivity index (χ1v) is 9.00. The molecule has 0 N–H and O–H groups in total. The van der Waals surface area contributed by atoms with Crippen LogP contribution in [0.4, 0.5) is 0 Å². The summed E-state index contributed by atoms with van der Waals surface area (Å²) in [7, 11) is 2.79. The number of fused-ring (bicyclic) bond motifs is 1. The van der Waals surface area contributed by atoms with Gasteiger partial charge in [-0.2, -0.15) is 5.10 Å². The molecule has 8 nitrogen and oxygen atoms in total. The van der Waals surface area contributed by atoms with Crippen LogP contribution in [-0.4, -0.2) is 59.8 Å². The molecule has 1 aliphatic carbocycles. The minimum Gasteiger partial charge on any atom is -0.469 e. The number of methoxy groups -OCH3 is 2. The zero-order valence-electron chi connectivity index (χ0n) is 15.3. The Hall–Kier alpha value is -2.38. The van der Waals surface area contributed by atoms with E-state index in [-0.39, 0.29) is 36.2 Å². The number of amides is 1. The molecule has 1 atom stereocenters. The summed E-state index contributed by atoms with van der Waals surface area (Å²) in [5, 5.41) is 4.35. The van der Waals surface area contributed by atoms with E-state index in [1.165, 1.54) is 14.2 Å². The number of aryl methyl sites for hydroxylation is 1. The summed E-state index contributed by atoms with van der Waals surface area (Å²) in [6.07, 6.45) is 5.12. The fourth-order valence-electron chi connectivity index (χ4n) is 3.82. The number of hydrogen-bond donors (Lipinski definition) is 0. The van der Waals surface area contributed by atoms with Gasteiger partial charge in [0.05, 0.1) is 32.3 Å². The normalized spacial score (nSPS) is 20.4. The van der Waals surface area contributed by atoms with Crippen molar-refractivity contribution >= 4 is 17.8 Å². The van der Waals surface area contributed by atoms with Crippen molar-refractivity contribution in [2.24, 2.45) is 11.8 Å². The van der Waals surface area contributed by atoms with Crippen LogP contribution >= 0.6 is 0 Å². The van der Waals surface area contributed by atoms with E-state index in [0.29, 0.717) is 32.4 Å². The standard InChI is InChI=1S/C18H25N3O5/c1-25-17(23)12-5-7-20(8-6-12)16(22)11-21-15-9-13(18(24)26-2)3-4-14(15)10-19-21/h10,12-13H,3-9,11H2,1-2H3. The van der Waals surface area contributed by atoms with Crippen LogP contribution in [0.1, 0.15) is 30.5 Å². The van der Waals surface area contributed by atoms with Crippen molar-refractivity contribution in [3.8, 4) is 0 Å². The number of piperidine rings is 1. The van der Waals surface area contributed by atoms with Crippen LogP contribution in [0.3, 0.4) is 0 Å². The van der Waals surface area contributed by atoms with Gasteiger partial charge in [-0.15, -0.1) is 0 Å². The van der Waals surface area contributed by atoms with E-state index < -0.39 is 0 Å². The summed E-state index contributed by atoms with van der Waals surface area (Å²) < 4.78 is 11.3. The molecule has 0 bridgehead atoms. The molecule has 0 radical (unpaired) electrons. The van der Waals surface area contributed by atoms with Crippen LogP contribution in [0, 0.1) is 11.8 Å². The molecule has 0 spiro atoms. The van der Waals surface area contributed by atoms with Crippen LogP contribution < -0.4 is 0 Å². The smallest absolute Gasteiger partial charge is 0.309 e. The number of carbonyl (C=O) groups excluding carboxylic acids is 3. The predicted octanol–water partition coefficient (Wildman–Crippen LogP) is 0.573. The topological polar surface area (TPSA) is 90.7 Å². The average molecular weight is 363 g/mol. The van der Waals surface area contributed by atoms with E-state index >= 15 is 0 Å². The Bertz CT molecular complexity index is 691. The molecule has 3 rings (SSSR count). The van der Waals surface area contributed by atoms with Gasteiger partial charge in [0.15, 0.2) is 0 Å². The minimum atomic E-state index is -0.209. The van der Waals surface area contributed by atoms with Gasteiger partial charge in [0.25, 0.3) is 0 Å². The SMILES string of the molecule is COC(=O)C1CCN(C(=O)Cn2ncc3c2CC(C(=O)OC)CC3)CC1. The second-order valence-corrected chi connectivity index (χ2v) is 6.92. The highest BCUT2D eigenvalue weighted by atomic mass is 16.5. The van der Waals surface area contributed by atoms with Crippen molar-refractivity contribution in [1.29, 1.82) is 0 Å². The van der Waals surface area contributed by atoms with Crippen molar-refractivity contribution < 1.29 is 23.9 Å². The van der Waals surface area contributed by atoms with Crippen molar-refractivity contribution in [3.63, 3.8) is 0 Å². The molecule has 8 heteroatoms. The van der Waals surface area contributed by atoms with Crippen molar-refractivity contribution in [3.05, 3.63) is 17.5 Å². The van der Waals surface area contributed by atoms with Crippen molar-refractivity contribution in [2.45, 2.75) is 38.6 Å². The summed E-state index contributed by atoms with van der Waals surface area (Å²) in [4.78, 5) is 37.8. The summed E-state index contributed by atoms with van der Waals surface area (Å²) >= 11 is 0. The number of likely N-dealkylation sites (tertiary alicyclic amines) is 1. The number of esters is 2. The Balaban J connectivity index is 1.60. The summed E-state index contributed by atoms with van der Waals surface area (Å²) in [6, 6.07) is 0. The van der Waals surface area contributed by atoms with Crippen molar-refractivity contribution in [2.75, 3.05) is 27.3 Å². The van der Waals surface area contributed by atoms with E-state index in [9.17, 15) is 14.4 Å².